The van der Waals surface area contributed by atoms with Crippen molar-refractivity contribution >= 4 is 5.97 Å². The number of carbonyl (C=O) groups excluding carboxylic acids is 1. The van der Waals surface area contributed by atoms with E-state index < -0.39 is 5.97 Å². The van der Waals surface area contributed by atoms with Crippen LogP contribution in [0.5, 0.6) is 0 Å². The highest BCUT2D eigenvalue weighted by atomic mass is 16.5. The van der Waals surface area contributed by atoms with Gasteiger partial charge < -0.3 is 19.2 Å². The summed E-state index contributed by atoms with van der Waals surface area (Å²) < 4.78 is 15.4. The lowest BCUT2D eigenvalue weighted by Gasteiger charge is -2.22. The van der Waals surface area contributed by atoms with E-state index in [1.54, 1.807) is 6.07 Å². The second-order valence-electron chi connectivity index (χ2n) is 4.39. The van der Waals surface area contributed by atoms with Gasteiger partial charge in [-0.3, -0.25) is 0 Å². The monoisotopic (exact) mass is 253 g/mol. The molecule has 0 radical (unpaired) electrons. The first kappa shape index (κ1) is 13.1. The molecule has 1 fully saturated rings. The lowest BCUT2D eigenvalue weighted by Crippen LogP contribution is -2.31. The number of nitrogens with one attached hydrogen (secondary N) is 1. The summed E-state index contributed by atoms with van der Waals surface area (Å²) in [7, 11) is 1.35. The number of carbonyl (C=O) groups is 1. The predicted molar refractivity (Wildman–Crippen MR) is 65.3 cm³/mol. The first-order chi connectivity index (χ1) is 8.81. The maximum absolute atomic E-state index is 11.4. The summed E-state index contributed by atoms with van der Waals surface area (Å²) in [5.41, 5.74) is 0.817. The summed E-state index contributed by atoms with van der Waals surface area (Å²) in [6, 6.07) is 1.78. The second-order valence-corrected chi connectivity index (χ2v) is 4.39. The Bertz CT molecular complexity index is 382. The van der Waals surface area contributed by atoms with Crippen molar-refractivity contribution < 1.29 is 18.7 Å². The zero-order valence-electron chi connectivity index (χ0n) is 10.6. The maximum Gasteiger partial charge on any atom is 0.374 e. The van der Waals surface area contributed by atoms with Crippen molar-refractivity contribution in [2.24, 2.45) is 0 Å². The molecule has 2 heterocycles. The average Bonchev–Trinajstić information content (AvgIpc) is 2.87. The minimum atomic E-state index is -0.439. The Labute approximate surface area is 106 Å². The Hall–Kier alpha value is -1.33. The molecule has 1 aliphatic rings. The first-order valence-electron chi connectivity index (χ1n) is 6.28. The van der Waals surface area contributed by atoms with Gasteiger partial charge in [0.05, 0.1) is 19.5 Å². The van der Waals surface area contributed by atoms with Gasteiger partial charge in [0, 0.05) is 25.3 Å². The van der Waals surface area contributed by atoms with Gasteiger partial charge in [0.25, 0.3) is 0 Å². The van der Waals surface area contributed by atoms with Crippen LogP contribution in [0.25, 0.3) is 0 Å². The van der Waals surface area contributed by atoms with Gasteiger partial charge in [-0.15, -0.1) is 0 Å². The first-order valence-corrected chi connectivity index (χ1v) is 6.28. The van der Waals surface area contributed by atoms with Gasteiger partial charge in [-0.25, -0.2) is 4.79 Å². The fourth-order valence-corrected chi connectivity index (χ4v) is 2.08. The summed E-state index contributed by atoms with van der Waals surface area (Å²) in [6.45, 7) is 2.23. The zero-order chi connectivity index (χ0) is 12.8. The van der Waals surface area contributed by atoms with Crippen LogP contribution in [0.15, 0.2) is 16.7 Å². The average molecular weight is 253 g/mol. The van der Waals surface area contributed by atoms with Gasteiger partial charge in [-0.05, 0) is 25.3 Å². The third-order valence-electron chi connectivity index (χ3n) is 3.08. The molecule has 1 N–H and O–H groups in total. The molecule has 1 unspecified atom stereocenters. The molecular weight excluding hydrogens is 234 g/mol. The minimum Gasteiger partial charge on any atom is -0.463 e. The Balaban J connectivity index is 1.79. The molecule has 2 rings (SSSR count). The highest BCUT2D eigenvalue weighted by molar-refractivity contribution is 5.87. The van der Waals surface area contributed by atoms with Crippen LogP contribution >= 0.6 is 0 Å². The van der Waals surface area contributed by atoms with Crippen molar-refractivity contribution in [1.82, 2.24) is 5.32 Å². The van der Waals surface area contributed by atoms with E-state index in [-0.39, 0.29) is 11.9 Å². The van der Waals surface area contributed by atoms with E-state index in [1.807, 2.05) is 0 Å². The van der Waals surface area contributed by atoms with E-state index in [0.717, 1.165) is 31.6 Å². The van der Waals surface area contributed by atoms with Gasteiger partial charge in [0.15, 0.2) is 0 Å². The molecule has 1 aromatic rings. The molecule has 1 saturated heterocycles. The number of rotatable bonds is 5. The van der Waals surface area contributed by atoms with Crippen LogP contribution < -0.4 is 5.32 Å². The standard InChI is InChI=1S/C13H19NO4/c1-16-13(15)12-10(5-7-18-12)8-14-9-11-4-2-3-6-17-11/h5,7,11,14H,2-4,6,8-9H2,1H3. The molecule has 18 heavy (non-hydrogen) atoms. The van der Waals surface area contributed by atoms with Crippen molar-refractivity contribution in [3.05, 3.63) is 23.7 Å². The summed E-state index contributed by atoms with van der Waals surface area (Å²) in [5.74, 6) is -0.166. The molecule has 1 atom stereocenters. The Morgan fingerprint density at radius 2 is 2.44 bits per heavy atom. The van der Waals surface area contributed by atoms with Gasteiger partial charge in [-0.1, -0.05) is 0 Å². The van der Waals surface area contributed by atoms with Gasteiger partial charge >= 0.3 is 5.97 Å². The fourth-order valence-electron chi connectivity index (χ4n) is 2.08. The summed E-state index contributed by atoms with van der Waals surface area (Å²) in [6.07, 6.45) is 5.27. The van der Waals surface area contributed by atoms with Gasteiger partial charge in [-0.2, -0.15) is 0 Å². The minimum absolute atomic E-state index is 0.273. The molecule has 1 aromatic heterocycles. The van der Waals surface area contributed by atoms with Crippen molar-refractivity contribution in [3.63, 3.8) is 0 Å². The van der Waals surface area contributed by atoms with Crippen LogP contribution in [-0.4, -0.2) is 32.3 Å². The SMILES string of the molecule is COC(=O)c1occc1CNCC1CCCCO1. The quantitative estimate of drug-likeness (QED) is 0.810. The third-order valence-corrected chi connectivity index (χ3v) is 3.08. The number of hydrogen-bond acceptors (Lipinski definition) is 5. The smallest absolute Gasteiger partial charge is 0.374 e. The molecule has 1 aliphatic heterocycles. The maximum atomic E-state index is 11.4. The van der Waals surface area contributed by atoms with Crippen molar-refractivity contribution in [2.75, 3.05) is 20.3 Å². The van der Waals surface area contributed by atoms with Crippen LogP contribution in [0, 0.1) is 0 Å². The van der Waals surface area contributed by atoms with E-state index in [0.29, 0.717) is 6.54 Å². The van der Waals surface area contributed by atoms with E-state index in [1.165, 1.54) is 19.8 Å². The zero-order valence-corrected chi connectivity index (χ0v) is 10.6. The molecule has 100 valence electrons. The molecular formula is C13H19NO4. The Kier molecular flexibility index (Phi) is 4.78. The molecule has 0 aliphatic carbocycles. The van der Waals surface area contributed by atoms with Crippen LogP contribution in [0.3, 0.4) is 0 Å². The molecule has 0 aromatic carbocycles. The highest BCUT2D eigenvalue weighted by Crippen LogP contribution is 2.13. The molecule has 5 nitrogen and oxygen atoms in total. The lowest BCUT2D eigenvalue weighted by molar-refractivity contribution is 0.0167. The van der Waals surface area contributed by atoms with Crippen LogP contribution in [0.4, 0.5) is 0 Å². The lowest BCUT2D eigenvalue weighted by atomic mass is 10.1. The number of methoxy groups -OCH3 is 1. The molecule has 0 spiro atoms. The topological polar surface area (TPSA) is 60.7 Å². The predicted octanol–water partition coefficient (Wildman–Crippen LogP) is 1.72. The molecule has 0 amide bonds. The van der Waals surface area contributed by atoms with Crippen molar-refractivity contribution in [2.45, 2.75) is 31.9 Å². The number of ether oxygens (including phenoxy) is 2. The van der Waals surface area contributed by atoms with Crippen LogP contribution in [-0.2, 0) is 16.0 Å². The third kappa shape index (κ3) is 3.34. The largest absolute Gasteiger partial charge is 0.463 e. The Morgan fingerprint density at radius 1 is 1.56 bits per heavy atom. The van der Waals surface area contributed by atoms with Crippen LogP contribution in [0.1, 0.15) is 35.4 Å². The normalized spacial score (nSPS) is 19.7. The summed E-state index contributed by atoms with van der Waals surface area (Å²) >= 11 is 0. The van der Waals surface area contributed by atoms with Crippen molar-refractivity contribution in [1.29, 1.82) is 0 Å². The molecule has 0 bridgehead atoms. The number of esters is 1. The van der Waals surface area contributed by atoms with Crippen LogP contribution in [0.2, 0.25) is 0 Å². The molecule has 5 heteroatoms. The summed E-state index contributed by atoms with van der Waals surface area (Å²) in [4.78, 5) is 11.4. The number of furan rings is 1. The fraction of sp³-hybridized carbons (Fsp3) is 0.615. The summed E-state index contributed by atoms with van der Waals surface area (Å²) in [5, 5.41) is 3.28. The Morgan fingerprint density at radius 3 is 3.17 bits per heavy atom. The van der Waals surface area contributed by atoms with Gasteiger partial charge in [0.1, 0.15) is 0 Å². The highest BCUT2D eigenvalue weighted by Gasteiger charge is 2.17. The van der Waals surface area contributed by atoms with E-state index >= 15 is 0 Å². The van der Waals surface area contributed by atoms with E-state index in [9.17, 15) is 4.79 Å². The van der Waals surface area contributed by atoms with Gasteiger partial charge in [0.2, 0.25) is 5.76 Å². The van der Waals surface area contributed by atoms with Crippen molar-refractivity contribution in [3.8, 4) is 0 Å². The van der Waals surface area contributed by atoms with E-state index in [2.05, 4.69) is 10.1 Å². The number of hydrogen-bond donors (Lipinski definition) is 1. The van der Waals surface area contributed by atoms with E-state index in [4.69, 9.17) is 9.15 Å². The molecule has 0 saturated carbocycles. The second kappa shape index (κ2) is 6.56.